The zero-order valence-electron chi connectivity index (χ0n) is 18.9. The van der Waals surface area contributed by atoms with Gasteiger partial charge in [0, 0.05) is 6.54 Å². The van der Waals surface area contributed by atoms with E-state index in [-0.39, 0.29) is 29.1 Å². The first-order valence-corrected chi connectivity index (χ1v) is 10.9. The molecule has 1 aromatic heterocycles. The summed E-state index contributed by atoms with van der Waals surface area (Å²) in [6.07, 6.45) is 1.85. The van der Waals surface area contributed by atoms with Crippen molar-refractivity contribution in [1.29, 1.82) is 0 Å². The average molecular weight is 412 g/mol. The number of likely N-dealkylation sites (tertiary alicyclic amines) is 1. The first-order chi connectivity index (χ1) is 14.0. The van der Waals surface area contributed by atoms with Crippen LogP contribution in [0, 0.1) is 5.92 Å². The van der Waals surface area contributed by atoms with Crippen LogP contribution < -0.4 is 11.2 Å². The molecule has 3 N–H and O–H groups in total. The van der Waals surface area contributed by atoms with Gasteiger partial charge in [0.2, 0.25) is 5.91 Å². The van der Waals surface area contributed by atoms with Crippen LogP contribution >= 0.6 is 0 Å². The van der Waals surface area contributed by atoms with Crippen LogP contribution in [0.15, 0.2) is 18.2 Å². The number of H-pyrrole nitrogens is 1. The molecule has 1 amide bonds. The lowest BCUT2D eigenvalue weighted by atomic mass is 9.79. The highest BCUT2D eigenvalue weighted by molar-refractivity contribution is 6.62. The fourth-order valence-electron chi connectivity index (χ4n) is 4.12. The van der Waals surface area contributed by atoms with Crippen molar-refractivity contribution < 1.29 is 14.1 Å². The molecule has 2 fully saturated rings. The van der Waals surface area contributed by atoms with Crippen molar-refractivity contribution >= 4 is 29.5 Å². The van der Waals surface area contributed by atoms with E-state index in [0.717, 1.165) is 41.7 Å². The van der Waals surface area contributed by atoms with E-state index in [9.17, 15) is 4.79 Å². The molecule has 2 aromatic rings. The first kappa shape index (κ1) is 21.3. The van der Waals surface area contributed by atoms with Gasteiger partial charge in [0.15, 0.2) is 0 Å². The summed E-state index contributed by atoms with van der Waals surface area (Å²) in [6, 6.07) is 5.48. The van der Waals surface area contributed by atoms with Crippen molar-refractivity contribution in [2.45, 2.75) is 77.7 Å². The van der Waals surface area contributed by atoms with Gasteiger partial charge < -0.3 is 24.9 Å². The largest absolute Gasteiger partial charge is 0.494 e. The Labute approximate surface area is 178 Å². The molecule has 3 heterocycles. The van der Waals surface area contributed by atoms with E-state index in [0.29, 0.717) is 0 Å². The molecule has 1 aromatic carbocycles. The van der Waals surface area contributed by atoms with E-state index in [4.69, 9.17) is 20.0 Å². The smallest absolute Gasteiger partial charge is 0.399 e. The number of fused-ring (bicyclic) bond motifs is 1. The standard InChI is InChI=1S/C22H33BN4O3/c1-13(2)18(24)20(28)27-11-7-8-17(27)19-25-15-10-9-14(12-16(15)26-19)23-29-21(3,4)22(5,6)30-23/h9-10,12-13,17-18H,7-8,11,24H2,1-6H3,(H,25,26)/t17-,18-/m0/s1. The molecule has 0 bridgehead atoms. The molecule has 0 unspecified atom stereocenters. The van der Waals surface area contributed by atoms with E-state index < -0.39 is 13.2 Å². The molecule has 2 aliphatic heterocycles. The van der Waals surface area contributed by atoms with Gasteiger partial charge in [-0.3, -0.25) is 4.79 Å². The molecule has 2 saturated heterocycles. The number of carbonyl (C=O) groups is 1. The van der Waals surface area contributed by atoms with Gasteiger partial charge in [-0.15, -0.1) is 0 Å². The molecule has 0 aliphatic carbocycles. The second-order valence-electron chi connectivity index (χ2n) is 9.95. The second kappa shape index (κ2) is 7.36. The summed E-state index contributed by atoms with van der Waals surface area (Å²) in [5.41, 5.74) is 8.12. The van der Waals surface area contributed by atoms with Crippen LogP contribution in [0.5, 0.6) is 0 Å². The number of aromatic nitrogens is 2. The van der Waals surface area contributed by atoms with Gasteiger partial charge in [-0.05, 0) is 64.1 Å². The molecular weight excluding hydrogens is 379 g/mol. The lowest BCUT2D eigenvalue weighted by molar-refractivity contribution is -0.134. The second-order valence-corrected chi connectivity index (χ2v) is 9.95. The number of aromatic amines is 1. The van der Waals surface area contributed by atoms with E-state index >= 15 is 0 Å². The van der Waals surface area contributed by atoms with Gasteiger partial charge in [-0.25, -0.2) is 4.98 Å². The Hall–Kier alpha value is -1.90. The summed E-state index contributed by atoms with van der Waals surface area (Å²) >= 11 is 0. The van der Waals surface area contributed by atoms with Crippen molar-refractivity contribution in [2.24, 2.45) is 11.7 Å². The van der Waals surface area contributed by atoms with Gasteiger partial charge in [0.25, 0.3) is 0 Å². The molecule has 0 radical (unpaired) electrons. The topological polar surface area (TPSA) is 93.5 Å². The third-order valence-corrected chi connectivity index (χ3v) is 6.90. The minimum absolute atomic E-state index is 0.00543. The minimum atomic E-state index is -0.482. The van der Waals surface area contributed by atoms with Crippen LogP contribution in [0.4, 0.5) is 0 Å². The maximum absolute atomic E-state index is 12.9. The zero-order chi connectivity index (χ0) is 21.8. The molecule has 0 spiro atoms. The van der Waals surface area contributed by atoms with Crippen LogP contribution in [-0.4, -0.2) is 51.7 Å². The van der Waals surface area contributed by atoms with Gasteiger partial charge in [0.1, 0.15) is 5.82 Å². The zero-order valence-corrected chi connectivity index (χ0v) is 18.9. The van der Waals surface area contributed by atoms with Gasteiger partial charge in [-0.1, -0.05) is 19.9 Å². The Bertz CT molecular complexity index is 939. The molecule has 7 nitrogen and oxygen atoms in total. The lowest BCUT2D eigenvalue weighted by Gasteiger charge is -2.32. The number of hydrogen-bond acceptors (Lipinski definition) is 5. The van der Waals surface area contributed by atoms with Gasteiger partial charge in [-0.2, -0.15) is 0 Å². The summed E-state index contributed by atoms with van der Waals surface area (Å²) in [6.45, 7) is 12.9. The van der Waals surface area contributed by atoms with E-state index in [1.165, 1.54) is 0 Å². The van der Waals surface area contributed by atoms with Gasteiger partial charge >= 0.3 is 7.12 Å². The Morgan fingerprint density at radius 1 is 1.27 bits per heavy atom. The quantitative estimate of drug-likeness (QED) is 0.753. The van der Waals surface area contributed by atoms with Crippen molar-refractivity contribution in [3.8, 4) is 0 Å². The number of rotatable bonds is 4. The van der Waals surface area contributed by atoms with Crippen LogP contribution in [0.3, 0.4) is 0 Å². The molecule has 4 rings (SSSR count). The molecule has 162 valence electrons. The van der Waals surface area contributed by atoms with Crippen LogP contribution in [0.2, 0.25) is 0 Å². The van der Waals surface area contributed by atoms with Crippen LogP contribution in [0.1, 0.15) is 66.3 Å². The highest BCUT2D eigenvalue weighted by Crippen LogP contribution is 2.37. The fourth-order valence-corrected chi connectivity index (χ4v) is 4.12. The fraction of sp³-hybridized carbons (Fsp3) is 0.636. The summed E-state index contributed by atoms with van der Waals surface area (Å²) in [5, 5.41) is 0. The summed E-state index contributed by atoms with van der Waals surface area (Å²) < 4.78 is 12.4. The number of nitrogens with one attached hydrogen (secondary N) is 1. The number of nitrogens with zero attached hydrogens (tertiary/aromatic N) is 2. The third kappa shape index (κ3) is 3.55. The Morgan fingerprint density at radius 2 is 1.93 bits per heavy atom. The molecule has 8 heteroatoms. The molecular formula is C22H33BN4O3. The lowest BCUT2D eigenvalue weighted by Crippen LogP contribution is -2.46. The summed E-state index contributed by atoms with van der Waals surface area (Å²) in [4.78, 5) is 23.0. The predicted octanol–water partition coefficient (Wildman–Crippen LogP) is 2.51. The highest BCUT2D eigenvalue weighted by atomic mass is 16.7. The molecule has 0 saturated carbocycles. The normalized spacial score (nSPS) is 24.2. The third-order valence-electron chi connectivity index (χ3n) is 6.90. The van der Waals surface area contributed by atoms with E-state index in [2.05, 4.69) is 4.98 Å². The van der Waals surface area contributed by atoms with E-state index in [1.807, 2.05) is 64.6 Å². The van der Waals surface area contributed by atoms with E-state index in [1.54, 1.807) is 0 Å². The number of carbonyl (C=O) groups excluding carboxylic acids is 1. The summed E-state index contributed by atoms with van der Waals surface area (Å²) in [5.74, 6) is 0.931. The number of nitrogens with two attached hydrogens (primary N) is 1. The maximum atomic E-state index is 12.9. The van der Waals surface area contributed by atoms with Crippen molar-refractivity contribution in [3.05, 3.63) is 24.0 Å². The SMILES string of the molecule is CC(C)[C@H](N)C(=O)N1CCC[C@H]1c1nc2ccc(B3OC(C)(C)C(C)(C)O3)cc2[nH]1. The number of imidazole rings is 1. The average Bonchev–Trinajstić information content (AvgIpc) is 3.35. The number of amides is 1. The number of hydrogen-bond donors (Lipinski definition) is 2. The van der Waals surface area contributed by atoms with Crippen molar-refractivity contribution in [2.75, 3.05) is 6.54 Å². The predicted molar refractivity (Wildman–Crippen MR) is 118 cm³/mol. The first-order valence-electron chi connectivity index (χ1n) is 10.9. The van der Waals surface area contributed by atoms with Crippen LogP contribution in [-0.2, 0) is 14.1 Å². The maximum Gasteiger partial charge on any atom is 0.494 e. The summed E-state index contributed by atoms with van der Waals surface area (Å²) in [7, 11) is -0.417. The van der Waals surface area contributed by atoms with Crippen molar-refractivity contribution in [1.82, 2.24) is 14.9 Å². The Morgan fingerprint density at radius 3 is 2.57 bits per heavy atom. The molecule has 30 heavy (non-hydrogen) atoms. The van der Waals surface area contributed by atoms with Gasteiger partial charge in [0.05, 0.1) is 34.3 Å². The minimum Gasteiger partial charge on any atom is -0.399 e. The number of benzene rings is 1. The molecule has 2 aliphatic rings. The van der Waals surface area contributed by atoms with Crippen molar-refractivity contribution in [3.63, 3.8) is 0 Å². The highest BCUT2D eigenvalue weighted by Gasteiger charge is 2.51. The monoisotopic (exact) mass is 412 g/mol. The Balaban J connectivity index is 1.59. The Kier molecular flexibility index (Phi) is 5.23. The molecule has 2 atom stereocenters. The van der Waals surface area contributed by atoms with Crippen LogP contribution in [0.25, 0.3) is 11.0 Å².